The second-order valence-electron chi connectivity index (χ2n) is 5.77. The number of ketones is 1. The van der Waals surface area contributed by atoms with Gasteiger partial charge in [-0.3, -0.25) is 4.79 Å². The van der Waals surface area contributed by atoms with Crippen molar-refractivity contribution in [1.82, 2.24) is 14.7 Å². The fraction of sp³-hybridized carbons (Fsp3) is 0.353. The molecule has 0 saturated carbocycles. The zero-order valence-corrected chi connectivity index (χ0v) is 15.5. The lowest BCUT2D eigenvalue weighted by atomic mass is 10.0. The lowest BCUT2D eigenvalue weighted by molar-refractivity contribution is 0.0673. The van der Waals surface area contributed by atoms with E-state index in [9.17, 15) is 22.4 Å². The monoisotopic (exact) mass is 417 g/mol. The van der Waals surface area contributed by atoms with Crippen molar-refractivity contribution in [2.45, 2.75) is 6.92 Å². The predicted molar refractivity (Wildman–Crippen MR) is 93.5 cm³/mol. The molecular weight excluding hydrogens is 402 g/mol. The summed E-state index contributed by atoms with van der Waals surface area (Å²) in [6, 6.07) is 0.295. The van der Waals surface area contributed by atoms with Crippen molar-refractivity contribution in [3.63, 3.8) is 0 Å². The van der Waals surface area contributed by atoms with Gasteiger partial charge in [0.2, 0.25) is 11.7 Å². The highest BCUT2D eigenvalue weighted by Crippen LogP contribution is 2.26. The number of ether oxygens (including phenoxy) is 2. The van der Waals surface area contributed by atoms with E-state index in [0.717, 1.165) is 6.20 Å². The largest absolute Gasteiger partial charge is 0.477 e. The van der Waals surface area contributed by atoms with Crippen LogP contribution in [0.15, 0.2) is 12.3 Å². The zero-order valence-electron chi connectivity index (χ0n) is 14.7. The Kier molecular flexibility index (Phi) is 5.94. The van der Waals surface area contributed by atoms with Gasteiger partial charge in [0, 0.05) is 13.1 Å². The fourth-order valence-corrected chi connectivity index (χ4v) is 2.99. The van der Waals surface area contributed by atoms with Crippen LogP contribution in [0.5, 0.6) is 5.88 Å². The van der Waals surface area contributed by atoms with E-state index in [1.807, 2.05) is 0 Å². The summed E-state index contributed by atoms with van der Waals surface area (Å²) in [6.07, 6.45) is 1.05. The number of hydrogen-bond acceptors (Lipinski definition) is 5. The first-order valence-corrected chi connectivity index (χ1v) is 8.73. The van der Waals surface area contributed by atoms with E-state index in [2.05, 4.69) is 5.10 Å². The maximum atomic E-state index is 14.0. The Morgan fingerprint density at radius 1 is 1.18 bits per heavy atom. The SMILES string of the molecule is CCOc1c(C(=O)c2cc(F)c(F)c(F)c2F)cnn1C(=S)N1CCOCC1. The molecule has 1 aromatic carbocycles. The highest BCUT2D eigenvalue weighted by atomic mass is 32.1. The van der Waals surface area contributed by atoms with Crippen LogP contribution in [0.3, 0.4) is 0 Å². The Morgan fingerprint density at radius 2 is 1.86 bits per heavy atom. The third-order valence-corrected chi connectivity index (χ3v) is 4.49. The molecule has 0 bridgehead atoms. The molecule has 0 amide bonds. The van der Waals surface area contributed by atoms with E-state index in [1.54, 1.807) is 11.8 Å². The third kappa shape index (κ3) is 3.59. The number of thiocarbonyl (C=S) groups is 1. The second kappa shape index (κ2) is 8.23. The fourth-order valence-electron chi connectivity index (χ4n) is 2.68. The molecule has 0 atom stereocenters. The summed E-state index contributed by atoms with van der Waals surface area (Å²) in [7, 11) is 0. The zero-order chi connectivity index (χ0) is 20.4. The number of morpholine rings is 1. The normalized spacial score (nSPS) is 14.2. The van der Waals surface area contributed by atoms with Crippen molar-refractivity contribution >= 4 is 23.1 Å². The highest BCUT2D eigenvalue weighted by molar-refractivity contribution is 7.80. The number of benzene rings is 1. The molecule has 28 heavy (non-hydrogen) atoms. The van der Waals surface area contributed by atoms with Crippen LogP contribution in [0.4, 0.5) is 17.6 Å². The van der Waals surface area contributed by atoms with Crippen molar-refractivity contribution in [1.29, 1.82) is 0 Å². The molecule has 1 fully saturated rings. The van der Waals surface area contributed by atoms with Gasteiger partial charge in [0.05, 0.1) is 31.6 Å². The number of rotatable bonds is 4. The van der Waals surface area contributed by atoms with Crippen LogP contribution < -0.4 is 4.74 Å². The van der Waals surface area contributed by atoms with Gasteiger partial charge in [-0.2, -0.15) is 9.78 Å². The van der Waals surface area contributed by atoms with Gasteiger partial charge in [-0.1, -0.05) is 0 Å². The van der Waals surface area contributed by atoms with E-state index in [0.29, 0.717) is 32.4 Å². The summed E-state index contributed by atoms with van der Waals surface area (Å²) < 4.78 is 66.1. The van der Waals surface area contributed by atoms with Gasteiger partial charge < -0.3 is 14.4 Å². The van der Waals surface area contributed by atoms with E-state index in [1.165, 1.54) is 4.68 Å². The molecule has 0 radical (unpaired) electrons. The maximum Gasteiger partial charge on any atom is 0.230 e. The molecule has 0 unspecified atom stereocenters. The summed E-state index contributed by atoms with van der Waals surface area (Å²) in [6.45, 7) is 3.66. The molecule has 1 aromatic heterocycles. The average molecular weight is 417 g/mol. The number of nitrogens with zero attached hydrogens (tertiary/aromatic N) is 3. The molecule has 1 aliphatic rings. The minimum absolute atomic E-state index is 0.103. The van der Waals surface area contributed by atoms with Crippen LogP contribution >= 0.6 is 12.2 Å². The average Bonchev–Trinajstić information content (AvgIpc) is 3.12. The van der Waals surface area contributed by atoms with Crippen LogP contribution in [0.2, 0.25) is 0 Å². The molecule has 3 rings (SSSR count). The van der Waals surface area contributed by atoms with Gasteiger partial charge in [-0.05, 0) is 25.2 Å². The van der Waals surface area contributed by atoms with Gasteiger partial charge >= 0.3 is 0 Å². The van der Waals surface area contributed by atoms with Crippen molar-refractivity contribution in [3.05, 3.63) is 46.7 Å². The molecule has 6 nitrogen and oxygen atoms in total. The minimum Gasteiger partial charge on any atom is -0.477 e. The van der Waals surface area contributed by atoms with Crippen molar-refractivity contribution in [2.24, 2.45) is 0 Å². The minimum atomic E-state index is -2.07. The molecule has 150 valence electrons. The van der Waals surface area contributed by atoms with E-state index < -0.39 is 34.6 Å². The molecule has 2 heterocycles. The smallest absolute Gasteiger partial charge is 0.230 e. The first-order chi connectivity index (χ1) is 13.4. The van der Waals surface area contributed by atoms with Crippen LogP contribution in [0.25, 0.3) is 0 Å². The number of carbonyl (C=O) groups is 1. The van der Waals surface area contributed by atoms with Gasteiger partial charge in [0.15, 0.2) is 28.4 Å². The van der Waals surface area contributed by atoms with Gasteiger partial charge in [0.25, 0.3) is 0 Å². The molecule has 2 aromatic rings. The van der Waals surface area contributed by atoms with Crippen LogP contribution in [0.1, 0.15) is 22.8 Å². The van der Waals surface area contributed by atoms with Crippen LogP contribution in [-0.2, 0) is 4.74 Å². The maximum absolute atomic E-state index is 14.0. The summed E-state index contributed by atoms with van der Waals surface area (Å²) in [5.74, 6) is -8.77. The van der Waals surface area contributed by atoms with Crippen molar-refractivity contribution in [3.8, 4) is 5.88 Å². The van der Waals surface area contributed by atoms with E-state index >= 15 is 0 Å². The molecule has 1 aliphatic heterocycles. The summed E-state index contributed by atoms with van der Waals surface area (Å²) >= 11 is 5.38. The molecule has 0 aliphatic carbocycles. The Hall–Kier alpha value is -2.53. The number of halogens is 4. The Bertz CT molecular complexity index is 929. The summed E-state index contributed by atoms with van der Waals surface area (Å²) in [5.41, 5.74) is -1.24. The molecule has 1 saturated heterocycles. The summed E-state index contributed by atoms with van der Waals surface area (Å²) in [5, 5.41) is 4.24. The van der Waals surface area contributed by atoms with Crippen LogP contribution in [-0.4, -0.2) is 58.5 Å². The third-order valence-electron chi connectivity index (χ3n) is 4.06. The van der Waals surface area contributed by atoms with E-state index in [4.69, 9.17) is 21.7 Å². The number of carbonyl (C=O) groups excluding carboxylic acids is 1. The Morgan fingerprint density at radius 3 is 2.50 bits per heavy atom. The Labute approximate surface area is 162 Å². The predicted octanol–water partition coefficient (Wildman–Crippen LogP) is 2.53. The van der Waals surface area contributed by atoms with Gasteiger partial charge in [-0.15, -0.1) is 0 Å². The lowest BCUT2D eigenvalue weighted by Crippen LogP contribution is -2.43. The topological polar surface area (TPSA) is 56.6 Å². The number of hydrogen-bond donors (Lipinski definition) is 0. The van der Waals surface area contributed by atoms with Crippen LogP contribution in [0, 0.1) is 23.3 Å². The molecule has 0 N–H and O–H groups in total. The second-order valence-corrected chi connectivity index (χ2v) is 6.13. The molecular formula is C17H15F4N3O3S. The van der Waals surface area contributed by atoms with E-state index in [-0.39, 0.29) is 23.2 Å². The van der Waals surface area contributed by atoms with Gasteiger partial charge in [0.1, 0.15) is 5.56 Å². The molecule has 0 spiro atoms. The quantitative estimate of drug-likeness (QED) is 0.251. The Balaban J connectivity index is 2.02. The highest BCUT2D eigenvalue weighted by Gasteiger charge is 2.29. The first-order valence-electron chi connectivity index (χ1n) is 8.32. The number of aromatic nitrogens is 2. The summed E-state index contributed by atoms with van der Waals surface area (Å²) in [4.78, 5) is 14.5. The van der Waals surface area contributed by atoms with Crippen molar-refractivity contribution < 1.29 is 31.8 Å². The molecule has 11 heteroatoms. The lowest BCUT2D eigenvalue weighted by Gasteiger charge is -2.29. The van der Waals surface area contributed by atoms with Gasteiger partial charge in [-0.25, -0.2) is 17.6 Å². The van der Waals surface area contributed by atoms with Crippen molar-refractivity contribution in [2.75, 3.05) is 32.9 Å². The first kappa shape index (κ1) is 20.2. The standard InChI is InChI=1S/C17H15F4N3O3S/c1-2-27-16-10(8-22-24(16)17(28)23-3-5-26-6-4-23)15(25)9-7-11(18)13(20)14(21)12(9)19/h7-8H,2-6H2,1H3.